The van der Waals surface area contributed by atoms with Crippen molar-refractivity contribution in [3.63, 3.8) is 0 Å². The Balaban J connectivity index is 1.57. The van der Waals surface area contributed by atoms with Crippen LogP contribution in [0.25, 0.3) is 0 Å². The van der Waals surface area contributed by atoms with Gasteiger partial charge in [0.05, 0.1) is 16.3 Å². The normalized spacial score (nSPS) is 11.6. The molecule has 0 spiro atoms. The lowest BCUT2D eigenvalue weighted by Gasteiger charge is -2.08. The zero-order valence-electron chi connectivity index (χ0n) is 15.8. The summed E-state index contributed by atoms with van der Waals surface area (Å²) in [4.78, 5) is 9.05. The Hall–Kier alpha value is -3.14. The monoisotopic (exact) mass is 434 g/mol. The first-order valence-electron chi connectivity index (χ1n) is 8.85. The number of aromatic nitrogens is 2. The number of ether oxygens (including phenoxy) is 2. The van der Waals surface area contributed by atoms with E-state index in [0.717, 1.165) is 16.2 Å². The minimum absolute atomic E-state index is 0.310. The largest absolute Gasteiger partial charge is 0.573 e. The van der Waals surface area contributed by atoms with Crippen molar-refractivity contribution in [1.29, 1.82) is 0 Å². The fourth-order valence-electron chi connectivity index (χ4n) is 2.31. The van der Waals surface area contributed by atoms with Crippen LogP contribution in [0.4, 0.5) is 24.5 Å². The van der Waals surface area contributed by atoms with Gasteiger partial charge >= 0.3 is 6.36 Å². The molecule has 0 radical (unpaired) electrons. The molecule has 0 aliphatic heterocycles. The van der Waals surface area contributed by atoms with Crippen molar-refractivity contribution in [3.05, 3.63) is 66.6 Å². The number of hydrogen-bond donors (Lipinski definition) is 0. The molecule has 0 fully saturated rings. The van der Waals surface area contributed by atoms with Crippen LogP contribution in [-0.4, -0.2) is 22.1 Å². The minimum atomic E-state index is -4.72. The SMILES string of the molecule is CCSc1cncnc1OCc1ccc(N=Nc2ccc(OC(F)(F)F)cc2)cc1. The molecule has 0 bridgehead atoms. The van der Waals surface area contributed by atoms with E-state index in [1.54, 1.807) is 30.1 Å². The zero-order chi connectivity index (χ0) is 21.4. The van der Waals surface area contributed by atoms with Gasteiger partial charge in [0.1, 0.15) is 18.7 Å². The molecule has 1 heterocycles. The number of nitrogens with zero attached hydrogens (tertiary/aromatic N) is 4. The van der Waals surface area contributed by atoms with E-state index >= 15 is 0 Å². The smallest absolute Gasteiger partial charge is 0.472 e. The van der Waals surface area contributed by atoms with Crippen LogP contribution in [0, 0.1) is 0 Å². The summed E-state index contributed by atoms with van der Waals surface area (Å²) in [6, 6.07) is 12.4. The molecule has 0 aliphatic carbocycles. The van der Waals surface area contributed by atoms with E-state index in [0.29, 0.717) is 23.9 Å². The molecule has 3 rings (SSSR count). The topological polar surface area (TPSA) is 69.0 Å². The van der Waals surface area contributed by atoms with Gasteiger partial charge in [-0.1, -0.05) is 19.1 Å². The van der Waals surface area contributed by atoms with Gasteiger partial charge in [0.25, 0.3) is 0 Å². The molecule has 30 heavy (non-hydrogen) atoms. The number of azo groups is 1. The highest BCUT2D eigenvalue weighted by Crippen LogP contribution is 2.27. The first-order chi connectivity index (χ1) is 14.4. The van der Waals surface area contributed by atoms with Gasteiger partial charge in [-0.2, -0.15) is 10.2 Å². The summed E-state index contributed by atoms with van der Waals surface area (Å²) in [5.74, 6) is 1.12. The lowest BCUT2D eigenvalue weighted by Crippen LogP contribution is -2.16. The lowest BCUT2D eigenvalue weighted by atomic mass is 10.2. The molecule has 0 amide bonds. The van der Waals surface area contributed by atoms with E-state index in [1.165, 1.54) is 30.6 Å². The average Bonchev–Trinajstić information content (AvgIpc) is 2.72. The van der Waals surface area contributed by atoms with E-state index < -0.39 is 6.36 Å². The van der Waals surface area contributed by atoms with E-state index in [4.69, 9.17) is 4.74 Å². The maximum atomic E-state index is 12.2. The van der Waals surface area contributed by atoms with Gasteiger partial charge in [-0.05, 0) is 47.7 Å². The van der Waals surface area contributed by atoms with Crippen LogP contribution in [0.2, 0.25) is 0 Å². The maximum Gasteiger partial charge on any atom is 0.573 e. The Morgan fingerprint density at radius 2 is 1.60 bits per heavy atom. The second kappa shape index (κ2) is 10.1. The quantitative estimate of drug-likeness (QED) is 0.300. The van der Waals surface area contributed by atoms with Gasteiger partial charge in [0.15, 0.2) is 0 Å². The van der Waals surface area contributed by atoms with Crippen LogP contribution in [0.15, 0.2) is 76.2 Å². The lowest BCUT2D eigenvalue weighted by molar-refractivity contribution is -0.274. The Kier molecular flexibility index (Phi) is 7.23. The van der Waals surface area contributed by atoms with Crippen molar-refractivity contribution in [2.75, 3.05) is 5.75 Å². The Morgan fingerprint density at radius 1 is 0.967 bits per heavy atom. The molecule has 0 unspecified atom stereocenters. The predicted octanol–water partition coefficient (Wildman–Crippen LogP) is 6.48. The second-order valence-corrected chi connectivity index (χ2v) is 7.13. The first-order valence-corrected chi connectivity index (χ1v) is 9.83. The molecule has 0 saturated carbocycles. The van der Waals surface area contributed by atoms with Gasteiger partial charge in [-0.15, -0.1) is 24.9 Å². The number of halogens is 3. The van der Waals surface area contributed by atoms with Gasteiger partial charge in [0.2, 0.25) is 5.88 Å². The second-order valence-electron chi connectivity index (χ2n) is 5.82. The summed E-state index contributed by atoms with van der Waals surface area (Å²) < 4.78 is 46.1. The summed E-state index contributed by atoms with van der Waals surface area (Å²) in [6.07, 6.45) is -1.56. The number of rotatable bonds is 8. The van der Waals surface area contributed by atoms with E-state index in [9.17, 15) is 13.2 Å². The van der Waals surface area contributed by atoms with Gasteiger partial charge < -0.3 is 9.47 Å². The van der Waals surface area contributed by atoms with Crippen molar-refractivity contribution in [1.82, 2.24) is 9.97 Å². The van der Waals surface area contributed by atoms with Crippen molar-refractivity contribution >= 4 is 23.1 Å². The number of thioether (sulfide) groups is 1. The van der Waals surface area contributed by atoms with E-state index in [2.05, 4.69) is 24.9 Å². The molecule has 156 valence electrons. The number of alkyl halides is 3. The predicted molar refractivity (Wildman–Crippen MR) is 107 cm³/mol. The standard InChI is InChI=1S/C20H17F3N4O2S/c1-2-30-18-11-24-13-25-19(18)28-12-14-3-5-15(6-4-14)26-27-16-7-9-17(10-8-16)29-20(21,22)23/h3-11,13H,2,12H2,1H3. The third-order valence-electron chi connectivity index (χ3n) is 3.61. The summed E-state index contributed by atoms with van der Waals surface area (Å²) in [5, 5.41) is 8.08. The fourth-order valence-corrected chi connectivity index (χ4v) is 2.99. The fraction of sp³-hybridized carbons (Fsp3) is 0.200. The van der Waals surface area contributed by atoms with Gasteiger partial charge in [-0.25, -0.2) is 9.97 Å². The van der Waals surface area contributed by atoms with Crippen molar-refractivity contribution < 1.29 is 22.6 Å². The average molecular weight is 434 g/mol. The van der Waals surface area contributed by atoms with Crippen molar-refractivity contribution in [3.8, 4) is 11.6 Å². The summed E-state index contributed by atoms with van der Waals surface area (Å²) in [6.45, 7) is 2.38. The van der Waals surface area contributed by atoms with Gasteiger partial charge in [-0.3, -0.25) is 0 Å². The molecule has 0 atom stereocenters. The molecule has 3 aromatic rings. The summed E-state index contributed by atoms with van der Waals surface area (Å²) >= 11 is 1.61. The van der Waals surface area contributed by atoms with Crippen LogP contribution >= 0.6 is 11.8 Å². The molecule has 1 aromatic heterocycles. The highest BCUT2D eigenvalue weighted by Gasteiger charge is 2.30. The molecular formula is C20H17F3N4O2S. The third-order valence-corrected chi connectivity index (χ3v) is 4.49. The molecule has 6 nitrogen and oxygen atoms in total. The molecule has 2 aromatic carbocycles. The van der Waals surface area contributed by atoms with Gasteiger partial charge in [0, 0.05) is 6.20 Å². The molecule has 10 heteroatoms. The van der Waals surface area contributed by atoms with Crippen LogP contribution < -0.4 is 9.47 Å². The minimum Gasteiger partial charge on any atom is -0.472 e. The number of benzene rings is 2. The van der Waals surface area contributed by atoms with Crippen molar-refractivity contribution in [2.45, 2.75) is 24.8 Å². The van der Waals surface area contributed by atoms with Crippen LogP contribution in [0.1, 0.15) is 12.5 Å². The highest BCUT2D eigenvalue weighted by molar-refractivity contribution is 7.99. The van der Waals surface area contributed by atoms with E-state index in [1.807, 2.05) is 19.1 Å². The Morgan fingerprint density at radius 3 is 2.20 bits per heavy atom. The maximum absolute atomic E-state index is 12.2. The van der Waals surface area contributed by atoms with E-state index in [-0.39, 0.29) is 5.75 Å². The Bertz CT molecular complexity index is 981. The highest BCUT2D eigenvalue weighted by atomic mass is 32.2. The molecule has 0 saturated heterocycles. The zero-order valence-corrected chi connectivity index (χ0v) is 16.7. The van der Waals surface area contributed by atoms with Crippen LogP contribution in [0.5, 0.6) is 11.6 Å². The third kappa shape index (κ3) is 6.73. The first kappa shape index (κ1) is 21.6. The Labute approximate surface area is 175 Å². The molecule has 0 aliphatic rings. The molecule has 0 N–H and O–H groups in total. The van der Waals surface area contributed by atoms with Crippen LogP contribution in [0.3, 0.4) is 0 Å². The summed E-state index contributed by atoms with van der Waals surface area (Å²) in [7, 11) is 0. The number of hydrogen-bond acceptors (Lipinski definition) is 7. The van der Waals surface area contributed by atoms with Crippen molar-refractivity contribution in [2.24, 2.45) is 10.2 Å². The van der Waals surface area contributed by atoms with Crippen LogP contribution in [-0.2, 0) is 6.61 Å². The molecular weight excluding hydrogens is 417 g/mol. The summed E-state index contributed by atoms with van der Waals surface area (Å²) in [5.41, 5.74) is 1.92.